The summed E-state index contributed by atoms with van der Waals surface area (Å²) < 4.78 is 12.0. The molecule has 0 amide bonds. The monoisotopic (exact) mass is 721 g/mol. The first-order valence-corrected chi connectivity index (χ1v) is 21.3. The Bertz CT molecular complexity index is 1270. The van der Waals surface area contributed by atoms with E-state index in [9.17, 15) is 0 Å². The largest absolute Gasteiger partial charge is 0.479 e. The molecule has 0 N–H and O–H groups in total. The average Bonchev–Trinajstić information content (AvgIpc) is 3.48. The summed E-state index contributed by atoms with van der Waals surface area (Å²) in [5.74, 6) is 3.95. The number of thiophene rings is 2. The molecule has 6 rings (SSSR count). The molecule has 0 radical (unpaired) electrons. The van der Waals surface area contributed by atoms with Gasteiger partial charge in [-0.05, 0) is 38.1 Å². The fourth-order valence-electron chi connectivity index (χ4n) is 3.48. The number of hydrogen-bond donors (Lipinski definition) is 0. The predicted molar refractivity (Wildman–Crippen MR) is 171 cm³/mol. The number of rotatable bonds is 4. The van der Waals surface area contributed by atoms with Crippen LogP contribution in [0.5, 0.6) is 11.5 Å². The van der Waals surface area contributed by atoms with Crippen LogP contribution < -0.4 is 9.47 Å². The van der Waals surface area contributed by atoms with Gasteiger partial charge in [0, 0.05) is 51.6 Å². The molecule has 4 aromatic rings. The minimum Gasteiger partial charge on any atom is -0.479 e. The molecule has 4 heterocycles. The Labute approximate surface area is 266 Å². The third-order valence-corrected chi connectivity index (χ3v) is 12.8. The van der Waals surface area contributed by atoms with E-state index in [1.54, 1.807) is 11.3 Å². The predicted octanol–water partition coefficient (Wildman–Crippen LogP) is 11.4. The Morgan fingerprint density at radius 1 is 0.684 bits per heavy atom. The number of fused-ring (bicyclic) bond motifs is 2. The summed E-state index contributed by atoms with van der Waals surface area (Å²) in [6, 6.07) is 20.1. The number of halogens is 3. The minimum absolute atomic E-state index is 0.220. The Morgan fingerprint density at radius 2 is 1.18 bits per heavy atom. The quantitative estimate of drug-likeness (QED) is 0.194. The molecule has 0 spiro atoms. The van der Waals surface area contributed by atoms with E-state index in [0.29, 0.717) is 0 Å². The van der Waals surface area contributed by atoms with Gasteiger partial charge in [0.15, 0.2) is 10.9 Å². The van der Waals surface area contributed by atoms with E-state index in [2.05, 4.69) is 24.6 Å². The summed E-state index contributed by atoms with van der Waals surface area (Å²) in [4.78, 5) is 8.52. The molecule has 12 heteroatoms. The van der Waals surface area contributed by atoms with Crippen LogP contribution in [0.3, 0.4) is 0 Å². The van der Waals surface area contributed by atoms with Crippen molar-refractivity contribution in [1.82, 2.24) is 0 Å². The van der Waals surface area contributed by atoms with Crippen LogP contribution in [-0.4, -0.2) is 22.4 Å². The number of thioether (sulfide) groups is 4. The van der Waals surface area contributed by atoms with Crippen LogP contribution in [-0.2, 0) is 11.2 Å². The van der Waals surface area contributed by atoms with E-state index in [1.165, 1.54) is 29.3 Å². The van der Waals surface area contributed by atoms with E-state index in [-0.39, 0.29) is 10.9 Å². The van der Waals surface area contributed by atoms with Crippen molar-refractivity contribution < 1.29 is 20.6 Å². The SMILES string of the molecule is Cc1sc(C)c2c1SCC(Oc1ccccc1)S2.[Cl][Fe]([Cl])[Cl].c1ccc(OC2CSc3cscc3S2)cc1. The maximum atomic E-state index is 6.02. The van der Waals surface area contributed by atoms with Gasteiger partial charge in [0.25, 0.3) is 0 Å². The molecule has 2 nitrogen and oxygen atoms in total. The topological polar surface area (TPSA) is 18.5 Å². The summed E-state index contributed by atoms with van der Waals surface area (Å²) in [5, 5.41) is 4.42. The first-order chi connectivity index (χ1) is 18.4. The molecule has 2 unspecified atom stereocenters. The standard InChI is InChI=1S/C14H14OS3.C12H10OS3.3ClH.Fe/c1-9-13-14(10(2)17-9)18-12(8-16-13)15-11-6-4-3-5-7-11;1-2-4-9(5-3-1)13-12-8-15-10-6-14-7-11(10)16-12;;;;/h3-7,12H,8H2,1-2H3;1-7,12H,8H2;3*1H;/q;;;;;+3/p-3. The van der Waals surface area contributed by atoms with E-state index in [4.69, 9.17) is 39.8 Å². The van der Waals surface area contributed by atoms with Crippen molar-refractivity contribution in [2.45, 2.75) is 44.3 Å². The molecule has 0 saturated carbocycles. The van der Waals surface area contributed by atoms with Gasteiger partial charge in [-0.25, -0.2) is 0 Å². The molecule has 2 aromatic heterocycles. The van der Waals surface area contributed by atoms with Crippen LogP contribution in [0.2, 0.25) is 0 Å². The fraction of sp³-hybridized carbons (Fsp3) is 0.231. The Hall–Kier alpha value is 0.229. The van der Waals surface area contributed by atoms with E-state index < -0.39 is 11.2 Å². The van der Waals surface area contributed by atoms with Crippen molar-refractivity contribution in [1.29, 1.82) is 0 Å². The second-order valence-electron chi connectivity index (χ2n) is 7.70. The van der Waals surface area contributed by atoms with Gasteiger partial charge in [-0.1, -0.05) is 59.9 Å². The van der Waals surface area contributed by atoms with Crippen LogP contribution in [0.15, 0.2) is 91.0 Å². The molecule has 2 aromatic carbocycles. The van der Waals surface area contributed by atoms with Crippen molar-refractivity contribution in [2.75, 3.05) is 11.5 Å². The first kappa shape index (κ1) is 31.2. The van der Waals surface area contributed by atoms with Crippen molar-refractivity contribution in [3.63, 3.8) is 0 Å². The maximum Gasteiger partial charge on any atom is 0.158 e. The number of aryl methyl sites for hydroxylation is 2. The molecular weight excluding hydrogens is 699 g/mol. The Balaban J connectivity index is 0.000000156. The van der Waals surface area contributed by atoms with Crippen LogP contribution in [0, 0.1) is 13.8 Å². The summed E-state index contributed by atoms with van der Waals surface area (Å²) in [7, 11) is 14.7. The van der Waals surface area contributed by atoms with E-state index >= 15 is 0 Å². The summed E-state index contributed by atoms with van der Waals surface area (Å²) in [5.41, 5.74) is 0.451. The van der Waals surface area contributed by atoms with Crippen molar-refractivity contribution in [3.05, 3.63) is 81.2 Å². The number of benzene rings is 2. The summed E-state index contributed by atoms with van der Waals surface area (Å²) in [6.45, 7) is 4.41. The third kappa shape index (κ3) is 9.66. The second kappa shape index (κ2) is 16.0. The van der Waals surface area contributed by atoms with Gasteiger partial charge in [0.05, 0.1) is 0 Å². The third-order valence-electron chi connectivity index (χ3n) is 5.01. The van der Waals surface area contributed by atoms with Crippen molar-refractivity contribution in [3.8, 4) is 11.5 Å². The molecular formula is C26H24Cl3FeO2S6. The molecule has 2 atom stereocenters. The molecule has 0 fully saturated rings. The summed E-state index contributed by atoms with van der Waals surface area (Å²) >= 11 is 9.84. The zero-order valence-corrected chi connectivity index (χ0v) is 28.5. The van der Waals surface area contributed by atoms with Crippen LogP contribution in [0.4, 0.5) is 0 Å². The normalized spacial score (nSPS) is 18.0. The molecule has 205 valence electrons. The Morgan fingerprint density at radius 3 is 1.79 bits per heavy atom. The van der Waals surface area contributed by atoms with Crippen LogP contribution >= 0.6 is 100 Å². The van der Waals surface area contributed by atoms with Gasteiger partial charge in [0.1, 0.15) is 11.5 Å². The van der Waals surface area contributed by atoms with Gasteiger partial charge in [0.2, 0.25) is 0 Å². The second-order valence-corrected chi connectivity index (χ2v) is 19.8. The average molecular weight is 723 g/mol. The maximum absolute atomic E-state index is 6.02. The fourth-order valence-corrected chi connectivity index (χ4v) is 11.1. The van der Waals surface area contributed by atoms with Crippen LogP contribution in [0.25, 0.3) is 0 Å². The molecule has 2 aliphatic heterocycles. The molecule has 0 saturated heterocycles. The molecule has 38 heavy (non-hydrogen) atoms. The van der Waals surface area contributed by atoms with Crippen molar-refractivity contribution in [2.24, 2.45) is 0 Å². The van der Waals surface area contributed by atoms with Gasteiger partial charge in [-0.2, -0.15) is 11.3 Å². The van der Waals surface area contributed by atoms with Gasteiger partial charge >= 0.3 is 41.5 Å². The molecule has 0 bridgehead atoms. The Kier molecular flexibility index (Phi) is 13.1. The van der Waals surface area contributed by atoms with Crippen molar-refractivity contribution >= 4 is 100 Å². The van der Waals surface area contributed by atoms with E-state index in [1.807, 2.05) is 119 Å². The van der Waals surface area contributed by atoms with Gasteiger partial charge in [-0.3, -0.25) is 0 Å². The zero-order valence-electron chi connectivity index (χ0n) is 20.3. The minimum atomic E-state index is -1.33. The molecule has 2 aliphatic rings. The number of ether oxygens (including phenoxy) is 2. The zero-order chi connectivity index (χ0) is 26.9. The number of hydrogen-bond acceptors (Lipinski definition) is 8. The van der Waals surface area contributed by atoms with E-state index in [0.717, 1.165) is 23.0 Å². The smallest absolute Gasteiger partial charge is 0.158 e. The molecule has 0 aliphatic carbocycles. The van der Waals surface area contributed by atoms with Crippen LogP contribution in [0.1, 0.15) is 9.75 Å². The van der Waals surface area contributed by atoms with Gasteiger partial charge in [-0.15, -0.1) is 34.9 Å². The first-order valence-electron chi connectivity index (χ1n) is 11.2. The summed E-state index contributed by atoms with van der Waals surface area (Å²) in [6.07, 6.45) is 0. The van der Waals surface area contributed by atoms with Gasteiger partial charge < -0.3 is 9.47 Å². The number of para-hydroxylation sites is 2.